The number of nitrogens with zero attached hydrogens (tertiary/aromatic N) is 3. The number of aryl methyl sites for hydroxylation is 1. The van der Waals surface area contributed by atoms with E-state index in [2.05, 4.69) is 23.9 Å². The summed E-state index contributed by atoms with van der Waals surface area (Å²) in [5.41, 5.74) is 8.26. The first kappa shape index (κ1) is 15.8. The zero-order valence-corrected chi connectivity index (χ0v) is 13.3. The van der Waals surface area contributed by atoms with Gasteiger partial charge in [-0.3, -0.25) is 9.69 Å². The van der Waals surface area contributed by atoms with Crippen LogP contribution in [0.2, 0.25) is 0 Å². The van der Waals surface area contributed by atoms with E-state index in [4.69, 9.17) is 5.73 Å². The molecule has 5 nitrogen and oxygen atoms in total. The van der Waals surface area contributed by atoms with Crippen LogP contribution in [0.1, 0.15) is 15.9 Å². The Bertz CT molecular complexity index is 493. The Morgan fingerprint density at radius 3 is 2.48 bits per heavy atom. The number of benzene rings is 1. The number of rotatable bonds is 4. The Balaban J connectivity index is 1.91. The summed E-state index contributed by atoms with van der Waals surface area (Å²) in [6.07, 6.45) is 0. The van der Waals surface area contributed by atoms with Gasteiger partial charge in [-0.2, -0.15) is 0 Å². The van der Waals surface area contributed by atoms with E-state index in [1.54, 1.807) is 0 Å². The van der Waals surface area contributed by atoms with Gasteiger partial charge in [0.2, 0.25) is 0 Å². The molecule has 0 bridgehead atoms. The van der Waals surface area contributed by atoms with Crippen molar-refractivity contribution in [1.29, 1.82) is 0 Å². The maximum absolute atomic E-state index is 12.5. The number of nitrogens with two attached hydrogens (primary N) is 1. The molecule has 1 aromatic carbocycles. The Morgan fingerprint density at radius 2 is 1.90 bits per heavy atom. The van der Waals surface area contributed by atoms with Crippen molar-refractivity contribution in [2.24, 2.45) is 0 Å². The average Bonchev–Trinajstić information content (AvgIpc) is 2.45. The van der Waals surface area contributed by atoms with Crippen LogP contribution in [-0.4, -0.2) is 74.0 Å². The first-order chi connectivity index (χ1) is 9.97. The van der Waals surface area contributed by atoms with E-state index in [0.29, 0.717) is 11.3 Å². The molecule has 1 heterocycles. The minimum Gasteiger partial charge on any atom is -0.398 e. The zero-order chi connectivity index (χ0) is 15.4. The fourth-order valence-electron chi connectivity index (χ4n) is 2.56. The summed E-state index contributed by atoms with van der Waals surface area (Å²) < 4.78 is 0. The van der Waals surface area contributed by atoms with Crippen molar-refractivity contribution in [2.75, 3.05) is 59.1 Å². The lowest BCUT2D eigenvalue weighted by molar-refractivity contribution is 0.0631. The molecular formula is C16H26N4O. The molecule has 2 rings (SSSR count). The summed E-state index contributed by atoms with van der Waals surface area (Å²) >= 11 is 0. The summed E-state index contributed by atoms with van der Waals surface area (Å²) in [6, 6.07) is 5.64. The summed E-state index contributed by atoms with van der Waals surface area (Å²) in [6.45, 7) is 7.52. The van der Waals surface area contributed by atoms with Crippen molar-refractivity contribution in [2.45, 2.75) is 6.92 Å². The molecule has 1 amide bonds. The normalized spacial score (nSPS) is 16.5. The summed E-state index contributed by atoms with van der Waals surface area (Å²) in [7, 11) is 4.17. The molecule has 0 radical (unpaired) electrons. The second-order valence-electron chi connectivity index (χ2n) is 6.03. The fourth-order valence-corrected chi connectivity index (χ4v) is 2.56. The predicted octanol–water partition coefficient (Wildman–Crippen LogP) is 0.897. The minimum atomic E-state index is 0.0553. The summed E-state index contributed by atoms with van der Waals surface area (Å²) in [4.78, 5) is 19.0. The third-order valence-electron chi connectivity index (χ3n) is 3.96. The number of hydrogen-bond acceptors (Lipinski definition) is 4. The maximum atomic E-state index is 12.5. The molecule has 2 N–H and O–H groups in total. The van der Waals surface area contributed by atoms with Crippen LogP contribution in [-0.2, 0) is 0 Å². The number of carbonyl (C=O) groups excluding carboxylic acids is 1. The average molecular weight is 290 g/mol. The fraction of sp³-hybridized carbons (Fsp3) is 0.562. The van der Waals surface area contributed by atoms with E-state index in [0.717, 1.165) is 44.8 Å². The van der Waals surface area contributed by atoms with Crippen LogP contribution < -0.4 is 5.73 Å². The molecule has 1 aliphatic heterocycles. The third kappa shape index (κ3) is 4.19. The van der Waals surface area contributed by atoms with E-state index in [9.17, 15) is 4.79 Å². The minimum absolute atomic E-state index is 0.0553. The Labute approximate surface area is 127 Å². The van der Waals surface area contributed by atoms with Crippen molar-refractivity contribution in [3.05, 3.63) is 29.3 Å². The lowest BCUT2D eigenvalue weighted by Gasteiger charge is -2.35. The van der Waals surface area contributed by atoms with Crippen molar-refractivity contribution in [3.8, 4) is 0 Å². The molecule has 1 aliphatic rings. The van der Waals surface area contributed by atoms with Crippen LogP contribution in [0.3, 0.4) is 0 Å². The SMILES string of the molecule is Cc1ccc(C(=O)N2CCN(CCN(C)C)CC2)c(N)c1. The van der Waals surface area contributed by atoms with E-state index in [1.165, 1.54) is 0 Å². The van der Waals surface area contributed by atoms with Gasteiger partial charge < -0.3 is 15.5 Å². The van der Waals surface area contributed by atoms with E-state index < -0.39 is 0 Å². The van der Waals surface area contributed by atoms with Crippen LogP contribution in [0.25, 0.3) is 0 Å². The van der Waals surface area contributed by atoms with Gasteiger partial charge in [0.1, 0.15) is 0 Å². The quantitative estimate of drug-likeness (QED) is 0.837. The lowest BCUT2D eigenvalue weighted by Crippen LogP contribution is -2.50. The van der Waals surface area contributed by atoms with Crippen molar-refractivity contribution >= 4 is 11.6 Å². The van der Waals surface area contributed by atoms with Gasteiger partial charge in [0.15, 0.2) is 0 Å². The number of anilines is 1. The first-order valence-electron chi connectivity index (χ1n) is 7.50. The van der Waals surface area contributed by atoms with Crippen molar-refractivity contribution in [1.82, 2.24) is 14.7 Å². The number of nitrogen functional groups attached to an aromatic ring is 1. The lowest BCUT2D eigenvalue weighted by atomic mass is 10.1. The molecule has 1 fully saturated rings. The molecule has 0 saturated carbocycles. The topological polar surface area (TPSA) is 52.8 Å². The smallest absolute Gasteiger partial charge is 0.256 e. The Morgan fingerprint density at radius 1 is 1.24 bits per heavy atom. The largest absolute Gasteiger partial charge is 0.398 e. The maximum Gasteiger partial charge on any atom is 0.256 e. The molecule has 0 spiro atoms. The summed E-state index contributed by atoms with van der Waals surface area (Å²) in [5.74, 6) is 0.0553. The molecule has 21 heavy (non-hydrogen) atoms. The van der Waals surface area contributed by atoms with Gasteiger partial charge in [-0.1, -0.05) is 6.07 Å². The number of amides is 1. The van der Waals surface area contributed by atoms with Gasteiger partial charge in [-0.15, -0.1) is 0 Å². The van der Waals surface area contributed by atoms with Crippen LogP contribution in [0.15, 0.2) is 18.2 Å². The van der Waals surface area contributed by atoms with E-state index in [1.807, 2.05) is 30.0 Å². The highest BCUT2D eigenvalue weighted by Crippen LogP contribution is 2.17. The number of likely N-dealkylation sites (N-methyl/N-ethyl adjacent to an activating group) is 1. The van der Waals surface area contributed by atoms with Crippen molar-refractivity contribution in [3.63, 3.8) is 0 Å². The van der Waals surface area contributed by atoms with E-state index >= 15 is 0 Å². The third-order valence-corrected chi connectivity index (χ3v) is 3.96. The molecule has 1 aromatic rings. The van der Waals surface area contributed by atoms with Crippen LogP contribution in [0.4, 0.5) is 5.69 Å². The van der Waals surface area contributed by atoms with Gasteiger partial charge in [-0.05, 0) is 38.7 Å². The number of piperazine rings is 1. The second-order valence-corrected chi connectivity index (χ2v) is 6.03. The van der Waals surface area contributed by atoms with Crippen LogP contribution in [0, 0.1) is 6.92 Å². The van der Waals surface area contributed by atoms with Gasteiger partial charge >= 0.3 is 0 Å². The Kier molecular flexibility index (Phi) is 5.20. The van der Waals surface area contributed by atoms with E-state index in [-0.39, 0.29) is 5.91 Å². The second kappa shape index (κ2) is 6.91. The molecule has 5 heteroatoms. The molecule has 116 valence electrons. The standard InChI is InChI=1S/C16H26N4O/c1-13-4-5-14(15(17)12-13)16(21)20-10-8-19(9-11-20)7-6-18(2)3/h4-5,12H,6-11,17H2,1-3H3. The highest BCUT2D eigenvalue weighted by Gasteiger charge is 2.23. The monoisotopic (exact) mass is 290 g/mol. The highest BCUT2D eigenvalue weighted by molar-refractivity contribution is 5.99. The molecular weight excluding hydrogens is 264 g/mol. The molecule has 0 atom stereocenters. The van der Waals surface area contributed by atoms with Gasteiger partial charge in [0.25, 0.3) is 5.91 Å². The van der Waals surface area contributed by atoms with Crippen molar-refractivity contribution < 1.29 is 4.79 Å². The summed E-state index contributed by atoms with van der Waals surface area (Å²) in [5, 5.41) is 0. The molecule has 0 aliphatic carbocycles. The number of carbonyl (C=O) groups is 1. The molecule has 0 unspecified atom stereocenters. The molecule has 1 saturated heterocycles. The first-order valence-corrected chi connectivity index (χ1v) is 7.50. The molecule has 0 aromatic heterocycles. The zero-order valence-electron chi connectivity index (χ0n) is 13.3. The predicted molar refractivity (Wildman–Crippen MR) is 86.5 cm³/mol. The van der Waals surface area contributed by atoms with Gasteiger partial charge in [0.05, 0.1) is 5.56 Å². The van der Waals surface area contributed by atoms with Gasteiger partial charge in [-0.25, -0.2) is 0 Å². The van der Waals surface area contributed by atoms with Gasteiger partial charge in [0, 0.05) is 45.0 Å². The Hall–Kier alpha value is -1.59. The van der Waals surface area contributed by atoms with Crippen LogP contribution >= 0.6 is 0 Å². The highest BCUT2D eigenvalue weighted by atomic mass is 16.2. The number of hydrogen-bond donors (Lipinski definition) is 1. The van der Waals surface area contributed by atoms with Crippen LogP contribution in [0.5, 0.6) is 0 Å².